The highest BCUT2D eigenvalue weighted by Gasteiger charge is 2.25. The fourth-order valence-corrected chi connectivity index (χ4v) is 3.41. The van der Waals surface area contributed by atoms with Gasteiger partial charge in [0, 0.05) is 22.1 Å². The molecule has 0 saturated heterocycles. The molecule has 0 bridgehead atoms. The van der Waals surface area contributed by atoms with Gasteiger partial charge in [-0.15, -0.1) is 0 Å². The molecule has 21 heavy (non-hydrogen) atoms. The van der Waals surface area contributed by atoms with Gasteiger partial charge in [0.15, 0.2) is 0 Å². The number of halogens is 3. The fraction of sp³-hybridized carbons (Fsp3) is 0.294. The standard InChI is InChI=1S/C17H16BrF2N/c1-10(15-9-13(19)4-6-16(15)20)21-17-7-2-11-8-12(18)3-5-14(11)17/h3-6,8-10,17,21H,2,7H2,1H3. The first-order valence-corrected chi connectivity index (χ1v) is 7.83. The molecule has 0 radical (unpaired) electrons. The summed E-state index contributed by atoms with van der Waals surface area (Å²) in [6, 6.07) is 9.79. The predicted octanol–water partition coefficient (Wildman–Crippen LogP) is 5.07. The Morgan fingerprint density at radius 2 is 2.00 bits per heavy atom. The average molecular weight is 352 g/mol. The van der Waals surface area contributed by atoms with Crippen LogP contribution in [-0.2, 0) is 6.42 Å². The average Bonchev–Trinajstić information content (AvgIpc) is 2.83. The normalized spacial score (nSPS) is 18.6. The second-order valence-electron chi connectivity index (χ2n) is 5.49. The quantitative estimate of drug-likeness (QED) is 0.814. The molecule has 2 atom stereocenters. The lowest BCUT2D eigenvalue weighted by atomic mass is 10.0. The Morgan fingerprint density at radius 1 is 1.19 bits per heavy atom. The highest BCUT2D eigenvalue weighted by Crippen LogP contribution is 2.34. The van der Waals surface area contributed by atoms with E-state index in [0.29, 0.717) is 5.56 Å². The summed E-state index contributed by atoms with van der Waals surface area (Å²) in [6.07, 6.45) is 1.98. The maximum atomic E-state index is 13.8. The number of fused-ring (bicyclic) bond motifs is 1. The van der Waals surface area contributed by atoms with Gasteiger partial charge in [0.25, 0.3) is 0 Å². The molecular weight excluding hydrogens is 336 g/mol. The van der Waals surface area contributed by atoms with Crippen LogP contribution >= 0.6 is 15.9 Å². The number of aryl methyl sites for hydroxylation is 1. The van der Waals surface area contributed by atoms with E-state index in [9.17, 15) is 8.78 Å². The van der Waals surface area contributed by atoms with Crippen molar-refractivity contribution in [2.45, 2.75) is 31.8 Å². The first-order chi connectivity index (χ1) is 10.0. The Morgan fingerprint density at radius 3 is 2.81 bits per heavy atom. The molecule has 0 aliphatic heterocycles. The van der Waals surface area contributed by atoms with Crippen LogP contribution in [0.4, 0.5) is 8.78 Å². The zero-order valence-corrected chi connectivity index (χ0v) is 13.3. The summed E-state index contributed by atoms with van der Waals surface area (Å²) in [4.78, 5) is 0. The van der Waals surface area contributed by atoms with E-state index in [0.717, 1.165) is 23.4 Å². The molecule has 1 nitrogen and oxygen atoms in total. The van der Waals surface area contributed by atoms with E-state index in [1.165, 1.54) is 23.3 Å². The second-order valence-corrected chi connectivity index (χ2v) is 6.40. The van der Waals surface area contributed by atoms with Crippen LogP contribution in [0.15, 0.2) is 40.9 Å². The van der Waals surface area contributed by atoms with Crippen LogP contribution in [-0.4, -0.2) is 0 Å². The van der Waals surface area contributed by atoms with Crippen molar-refractivity contribution in [2.24, 2.45) is 0 Å². The van der Waals surface area contributed by atoms with E-state index in [1.807, 2.05) is 13.0 Å². The Labute approximate surface area is 131 Å². The molecule has 1 aliphatic carbocycles. The third-order valence-electron chi connectivity index (χ3n) is 4.06. The van der Waals surface area contributed by atoms with Gasteiger partial charge < -0.3 is 5.32 Å². The lowest BCUT2D eigenvalue weighted by Crippen LogP contribution is -2.23. The number of rotatable bonds is 3. The lowest BCUT2D eigenvalue weighted by Gasteiger charge is -2.21. The van der Waals surface area contributed by atoms with E-state index in [-0.39, 0.29) is 17.9 Å². The minimum absolute atomic E-state index is 0.186. The van der Waals surface area contributed by atoms with Crippen molar-refractivity contribution in [1.29, 1.82) is 0 Å². The van der Waals surface area contributed by atoms with Crippen molar-refractivity contribution in [3.8, 4) is 0 Å². The van der Waals surface area contributed by atoms with Crippen LogP contribution in [0.1, 0.15) is 42.1 Å². The minimum atomic E-state index is -0.407. The van der Waals surface area contributed by atoms with Crippen molar-refractivity contribution >= 4 is 15.9 Å². The molecule has 3 rings (SSSR count). The molecule has 0 aromatic heterocycles. The number of benzene rings is 2. The molecular formula is C17H16BrF2N. The van der Waals surface area contributed by atoms with Crippen LogP contribution < -0.4 is 5.32 Å². The summed E-state index contributed by atoms with van der Waals surface area (Å²) in [5.74, 6) is -0.777. The summed E-state index contributed by atoms with van der Waals surface area (Å²) in [5, 5.41) is 3.42. The van der Waals surface area contributed by atoms with Gasteiger partial charge in [-0.1, -0.05) is 22.0 Å². The molecule has 2 unspecified atom stereocenters. The molecule has 110 valence electrons. The van der Waals surface area contributed by atoms with Gasteiger partial charge in [0.05, 0.1) is 0 Å². The third kappa shape index (κ3) is 3.01. The van der Waals surface area contributed by atoms with E-state index < -0.39 is 5.82 Å². The molecule has 2 aromatic rings. The van der Waals surface area contributed by atoms with Crippen molar-refractivity contribution in [3.63, 3.8) is 0 Å². The van der Waals surface area contributed by atoms with Crippen molar-refractivity contribution in [1.82, 2.24) is 5.32 Å². The van der Waals surface area contributed by atoms with Crippen LogP contribution in [0.5, 0.6) is 0 Å². The molecule has 0 saturated carbocycles. The molecule has 2 aromatic carbocycles. The summed E-state index contributed by atoms with van der Waals surface area (Å²) >= 11 is 3.48. The van der Waals surface area contributed by atoms with E-state index >= 15 is 0 Å². The second kappa shape index (κ2) is 5.85. The van der Waals surface area contributed by atoms with Crippen molar-refractivity contribution < 1.29 is 8.78 Å². The van der Waals surface area contributed by atoms with Gasteiger partial charge >= 0.3 is 0 Å². The zero-order chi connectivity index (χ0) is 15.0. The first kappa shape index (κ1) is 14.7. The summed E-state index contributed by atoms with van der Waals surface area (Å²) in [7, 11) is 0. The SMILES string of the molecule is CC(NC1CCc2cc(Br)ccc21)c1cc(F)ccc1F. The minimum Gasteiger partial charge on any atom is -0.303 e. The van der Waals surface area contributed by atoms with Crippen LogP contribution in [0.25, 0.3) is 0 Å². The smallest absolute Gasteiger partial charge is 0.128 e. The molecule has 0 spiro atoms. The molecule has 4 heteroatoms. The topological polar surface area (TPSA) is 12.0 Å². The maximum Gasteiger partial charge on any atom is 0.128 e. The number of hydrogen-bond acceptors (Lipinski definition) is 1. The van der Waals surface area contributed by atoms with Gasteiger partial charge in [-0.3, -0.25) is 0 Å². The van der Waals surface area contributed by atoms with Gasteiger partial charge in [0.2, 0.25) is 0 Å². The first-order valence-electron chi connectivity index (χ1n) is 7.04. The highest BCUT2D eigenvalue weighted by atomic mass is 79.9. The van der Waals surface area contributed by atoms with E-state index in [4.69, 9.17) is 0 Å². The van der Waals surface area contributed by atoms with Crippen LogP contribution in [0, 0.1) is 11.6 Å². The van der Waals surface area contributed by atoms with E-state index in [1.54, 1.807) is 0 Å². The number of nitrogens with one attached hydrogen (secondary N) is 1. The van der Waals surface area contributed by atoms with Crippen LogP contribution in [0.2, 0.25) is 0 Å². The Bertz CT molecular complexity index is 672. The predicted molar refractivity (Wildman–Crippen MR) is 83.1 cm³/mol. The monoisotopic (exact) mass is 351 g/mol. The van der Waals surface area contributed by atoms with Crippen LogP contribution in [0.3, 0.4) is 0 Å². The summed E-state index contributed by atoms with van der Waals surface area (Å²) in [5.41, 5.74) is 2.94. The summed E-state index contributed by atoms with van der Waals surface area (Å²) in [6.45, 7) is 1.87. The zero-order valence-electron chi connectivity index (χ0n) is 11.7. The molecule has 1 aliphatic rings. The number of hydrogen-bond donors (Lipinski definition) is 1. The fourth-order valence-electron chi connectivity index (χ4n) is 3.00. The Balaban J connectivity index is 1.81. The Hall–Kier alpha value is -1.26. The summed E-state index contributed by atoms with van der Waals surface area (Å²) < 4.78 is 28.2. The van der Waals surface area contributed by atoms with Gasteiger partial charge in [-0.25, -0.2) is 8.78 Å². The molecule has 1 N–H and O–H groups in total. The van der Waals surface area contributed by atoms with Crippen molar-refractivity contribution in [3.05, 3.63) is 69.2 Å². The molecule has 0 heterocycles. The third-order valence-corrected chi connectivity index (χ3v) is 4.55. The largest absolute Gasteiger partial charge is 0.303 e. The Kier molecular flexibility index (Phi) is 4.09. The molecule has 0 amide bonds. The van der Waals surface area contributed by atoms with E-state index in [2.05, 4.69) is 33.4 Å². The van der Waals surface area contributed by atoms with Gasteiger partial charge in [0.1, 0.15) is 11.6 Å². The molecule has 0 fully saturated rings. The highest BCUT2D eigenvalue weighted by molar-refractivity contribution is 9.10. The maximum absolute atomic E-state index is 13.8. The lowest BCUT2D eigenvalue weighted by molar-refractivity contribution is 0.447. The van der Waals surface area contributed by atoms with Crippen molar-refractivity contribution in [2.75, 3.05) is 0 Å². The van der Waals surface area contributed by atoms with Gasteiger partial charge in [-0.05, 0) is 61.2 Å². The van der Waals surface area contributed by atoms with Gasteiger partial charge in [-0.2, -0.15) is 0 Å².